The van der Waals surface area contributed by atoms with E-state index in [-0.39, 0.29) is 17.5 Å². The van der Waals surface area contributed by atoms with Crippen molar-refractivity contribution >= 4 is 23.5 Å². The standard InChI is InChI=1S/C10H16N6O5S/c1-22-10(20)6-7(12-9(11)13-10)16(15-14-6)8-5(19)4(18)3(2-17)21-8/h3-5,8,17-20H,2H2,1H3,(H3,11,12,13)/t3-,4-,5-,8-,10?/m1/s1. The third kappa shape index (κ3) is 2.15. The van der Waals surface area contributed by atoms with E-state index in [2.05, 4.69) is 20.6 Å². The second-order valence-electron chi connectivity index (χ2n) is 4.89. The summed E-state index contributed by atoms with van der Waals surface area (Å²) in [5.41, 5.74) is 5.75. The predicted octanol–water partition coefficient (Wildman–Crippen LogP) is -2.90. The van der Waals surface area contributed by atoms with Gasteiger partial charge in [0, 0.05) is 0 Å². The Bertz CT molecular complexity index is 611. The highest BCUT2D eigenvalue weighted by molar-refractivity contribution is 7.99. The number of hydrogen-bond acceptors (Lipinski definition) is 11. The summed E-state index contributed by atoms with van der Waals surface area (Å²) in [5, 5.41) is 48.1. The molecule has 3 heterocycles. The number of aliphatic hydroxyl groups excluding tert-OH is 3. The van der Waals surface area contributed by atoms with Crippen molar-refractivity contribution in [2.45, 2.75) is 29.6 Å². The zero-order valence-electron chi connectivity index (χ0n) is 11.5. The maximum absolute atomic E-state index is 10.4. The molecule has 12 heteroatoms. The van der Waals surface area contributed by atoms with E-state index in [0.717, 1.165) is 16.4 Å². The molecule has 0 aromatic carbocycles. The molecule has 5 atom stereocenters. The lowest BCUT2D eigenvalue weighted by Gasteiger charge is -2.26. The molecular weight excluding hydrogens is 316 g/mol. The van der Waals surface area contributed by atoms with Gasteiger partial charge in [0.15, 0.2) is 23.7 Å². The number of nitrogens with two attached hydrogens (primary N) is 1. The highest BCUT2D eigenvalue weighted by Gasteiger charge is 2.47. The summed E-state index contributed by atoms with van der Waals surface area (Å²) in [6, 6.07) is 0. The first-order chi connectivity index (χ1) is 10.4. The Morgan fingerprint density at radius 3 is 2.77 bits per heavy atom. The van der Waals surface area contributed by atoms with E-state index in [1.54, 1.807) is 6.26 Å². The van der Waals surface area contributed by atoms with Gasteiger partial charge in [-0.25, -0.2) is 4.99 Å². The number of fused-ring (bicyclic) bond motifs is 1. The molecule has 11 nitrogen and oxygen atoms in total. The SMILES string of the molecule is CSC1(O)N=C(N)Nc2c1nnn2[C@@H]1O[C@H](CO)[C@@H](O)[C@H]1O. The number of ether oxygens (including phenoxy) is 1. The molecule has 1 aromatic rings. The van der Waals surface area contributed by atoms with Crippen LogP contribution in [0.3, 0.4) is 0 Å². The van der Waals surface area contributed by atoms with E-state index in [0.29, 0.717) is 0 Å². The number of nitrogens with zero attached hydrogens (tertiary/aromatic N) is 4. The molecule has 2 aliphatic rings. The Kier molecular flexibility index (Phi) is 3.74. The quantitative estimate of drug-likeness (QED) is 0.315. The van der Waals surface area contributed by atoms with Crippen LogP contribution in [0.1, 0.15) is 11.9 Å². The number of thioether (sulfide) groups is 1. The molecule has 0 bridgehead atoms. The number of aromatic nitrogens is 3. The summed E-state index contributed by atoms with van der Waals surface area (Å²) in [6.45, 7) is -0.461. The van der Waals surface area contributed by atoms with E-state index in [9.17, 15) is 15.3 Å². The molecule has 0 saturated carbocycles. The largest absolute Gasteiger partial charge is 0.394 e. The maximum atomic E-state index is 10.4. The first-order valence-electron chi connectivity index (χ1n) is 6.39. The molecule has 22 heavy (non-hydrogen) atoms. The maximum Gasteiger partial charge on any atom is 0.257 e. The van der Waals surface area contributed by atoms with Crippen LogP contribution in [0, 0.1) is 0 Å². The minimum atomic E-state index is -1.71. The molecule has 3 rings (SSSR count). The zero-order valence-corrected chi connectivity index (χ0v) is 12.3. The van der Waals surface area contributed by atoms with Gasteiger partial charge in [0.1, 0.15) is 18.3 Å². The molecule has 0 radical (unpaired) electrons. The fourth-order valence-electron chi connectivity index (χ4n) is 2.40. The summed E-state index contributed by atoms with van der Waals surface area (Å²) in [6.07, 6.45) is -3.02. The number of aliphatic hydroxyl groups is 4. The lowest BCUT2D eigenvalue weighted by Crippen LogP contribution is -2.37. The number of nitrogens with one attached hydrogen (secondary N) is 1. The summed E-state index contributed by atoms with van der Waals surface area (Å²) >= 11 is 0.996. The highest BCUT2D eigenvalue weighted by atomic mass is 32.2. The smallest absolute Gasteiger partial charge is 0.257 e. The molecule has 7 N–H and O–H groups in total. The Labute approximate surface area is 128 Å². The Balaban J connectivity index is 2.00. The van der Waals surface area contributed by atoms with Crippen molar-refractivity contribution < 1.29 is 25.2 Å². The van der Waals surface area contributed by atoms with Crippen molar-refractivity contribution in [3.05, 3.63) is 5.69 Å². The molecule has 1 fully saturated rings. The number of aliphatic imine (C=N–C) groups is 1. The monoisotopic (exact) mass is 332 g/mol. The summed E-state index contributed by atoms with van der Waals surface area (Å²) < 4.78 is 6.54. The first-order valence-corrected chi connectivity index (χ1v) is 7.61. The van der Waals surface area contributed by atoms with E-state index in [1.807, 2.05) is 0 Å². The van der Waals surface area contributed by atoms with Crippen LogP contribution >= 0.6 is 11.8 Å². The molecule has 122 valence electrons. The van der Waals surface area contributed by atoms with Gasteiger partial charge in [-0.3, -0.25) is 0 Å². The summed E-state index contributed by atoms with van der Waals surface area (Å²) in [7, 11) is 0. The van der Waals surface area contributed by atoms with E-state index < -0.39 is 36.2 Å². The molecule has 0 aliphatic carbocycles. The summed E-state index contributed by atoms with van der Waals surface area (Å²) in [5.74, 6) is 0.138. The van der Waals surface area contributed by atoms with Crippen LogP contribution in [0.2, 0.25) is 0 Å². The fourth-order valence-corrected chi connectivity index (χ4v) is 2.92. The molecule has 2 aliphatic heterocycles. The normalized spacial score (nSPS) is 37.6. The van der Waals surface area contributed by atoms with Crippen LogP contribution in [0.4, 0.5) is 5.82 Å². The number of hydrogen-bond donors (Lipinski definition) is 6. The van der Waals surface area contributed by atoms with Gasteiger partial charge in [-0.1, -0.05) is 17.0 Å². The molecule has 0 amide bonds. The van der Waals surface area contributed by atoms with Gasteiger partial charge in [0.2, 0.25) is 0 Å². The lowest BCUT2D eigenvalue weighted by atomic mass is 10.1. The Hall–Kier alpha value is -1.44. The van der Waals surface area contributed by atoms with Crippen molar-refractivity contribution in [2.75, 3.05) is 18.2 Å². The zero-order chi connectivity index (χ0) is 16.1. The topological polar surface area (TPSA) is 171 Å². The van der Waals surface area contributed by atoms with Crippen molar-refractivity contribution in [1.29, 1.82) is 0 Å². The minimum absolute atomic E-state index is 0.0559. The second-order valence-corrected chi connectivity index (χ2v) is 5.87. The molecule has 1 saturated heterocycles. The number of anilines is 1. The van der Waals surface area contributed by atoms with Crippen molar-refractivity contribution in [1.82, 2.24) is 15.0 Å². The average molecular weight is 332 g/mol. The van der Waals surface area contributed by atoms with E-state index in [4.69, 9.17) is 15.6 Å². The third-order valence-corrected chi connectivity index (χ3v) is 4.42. The Morgan fingerprint density at radius 2 is 2.18 bits per heavy atom. The number of guanidine groups is 1. The predicted molar refractivity (Wildman–Crippen MR) is 75.7 cm³/mol. The first kappa shape index (κ1) is 15.5. The van der Waals surface area contributed by atoms with Crippen LogP contribution in [0.25, 0.3) is 0 Å². The molecule has 0 spiro atoms. The summed E-state index contributed by atoms with van der Waals surface area (Å²) in [4.78, 5) is 3.87. The van der Waals surface area contributed by atoms with Gasteiger partial charge in [0.25, 0.3) is 5.06 Å². The van der Waals surface area contributed by atoms with Gasteiger partial charge < -0.3 is 36.2 Å². The van der Waals surface area contributed by atoms with Crippen molar-refractivity contribution in [3.8, 4) is 0 Å². The second kappa shape index (κ2) is 5.33. The fraction of sp³-hybridized carbons (Fsp3) is 0.700. The molecular formula is C10H16N6O5S. The highest BCUT2D eigenvalue weighted by Crippen LogP contribution is 2.41. The van der Waals surface area contributed by atoms with Gasteiger partial charge >= 0.3 is 0 Å². The van der Waals surface area contributed by atoms with E-state index in [1.165, 1.54) is 0 Å². The molecule has 1 unspecified atom stereocenters. The average Bonchev–Trinajstić information content (AvgIpc) is 3.02. The Morgan fingerprint density at radius 1 is 1.45 bits per heavy atom. The van der Waals surface area contributed by atoms with Crippen molar-refractivity contribution in [2.24, 2.45) is 10.7 Å². The molecule has 1 aromatic heterocycles. The van der Waals surface area contributed by atoms with Gasteiger partial charge in [-0.15, -0.1) is 5.10 Å². The van der Waals surface area contributed by atoms with Crippen LogP contribution in [-0.2, 0) is 9.79 Å². The van der Waals surface area contributed by atoms with Crippen LogP contribution in [0.5, 0.6) is 0 Å². The van der Waals surface area contributed by atoms with Crippen molar-refractivity contribution in [3.63, 3.8) is 0 Å². The third-order valence-electron chi connectivity index (χ3n) is 3.56. The van der Waals surface area contributed by atoms with Crippen LogP contribution < -0.4 is 11.1 Å². The van der Waals surface area contributed by atoms with Crippen LogP contribution in [-0.4, -0.2) is 72.6 Å². The minimum Gasteiger partial charge on any atom is -0.394 e. The van der Waals surface area contributed by atoms with Gasteiger partial charge in [-0.05, 0) is 6.26 Å². The van der Waals surface area contributed by atoms with Gasteiger partial charge in [0.05, 0.1) is 6.61 Å². The van der Waals surface area contributed by atoms with Gasteiger partial charge in [-0.2, -0.15) is 4.68 Å². The van der Waals surface area contributed by atoms with Crippen LogP contribution in [0.15, 0.2) is 4.99 Å². The number of rotatable bonds is 3. The van der Waals surface area contributed by atoms with E-state index >= 15 is 0 Å². The lowest BCUT2D eigenvalue weighted by molar-refractivity contribution is -0.0583.